The van der Waals surface area contributed by atoms with E-state index in [-0.39, 0.29) is 0 Å². The number of nitrogens with zero attached hydrogens (tertiary/aromatic N) is 1. The zero-order valence-electron chi connectivity index (χ0n) is 12.5. The lowest BCUT2D eigenvalue weighted by molar-refractivity contribution is 0.299. The van der Waals surface area contributed by atoms with Crippen LogP contribution in [0.5, 0.6) is 0 Å². The summed E-state index contributed by atoms with van der Waals surface area (Å²) in [6.07, 6.45) is 8.35. The summed E-state index contributed by atoms with van der Waals surface area (Å²) in [5, 5.41) is 0. The van der Waals surface area contributed by atoms with Crippen LogP contribution >= 0.6 is 0 Å². The normalized spacial score (nSPS) is 14.4. The number of unbranched alkanes of at least 4 members (excludes halogenated alkanes) is 1. The third kappa shape index (κ3) is 10.5. The largest absolute Gasteiger partial charge is 0.309 e. The van der Waals surface area contributed by atoms with Crippen molar-refractivity contribution >= 4 is 0 Å². The van der Waals surface area contributed by atoms with Gasteiger partial charge in [-0.25, -0.2) is 0 Å². The second-order valence-electron chi connectivity index (χ2n) is 6.67. The van der Waals surface area contributed by atoms with Crippen molar-refractivity contribution < 1.29 is 0 Å². The second-order valence-corrected chi connectivity index (χ2v) is 6.67. The molecule has 0 N–H and O–H groups in total. The number of rotatable bonds is 8. The van der Waals surface area contributed by atoms with Crippen molar-refractivity contribution in [2.75, 3.05) is 20.6 Å². The molecule has 0 heterocycles. The van der Waals surface area contributed by atoms with Crippen molar-refractivity contribution in [1.29, 1.82) is 0 Å². The van der Waals surface area contributed by atoms with Crippen LogP contribution in [-0.2, 0) is 0 Å². The fourth-order valence-corrected chi connectivity index (χ4v) is 2.05. The molecule has 0 spiro atoms. The third-order valence-corrected chi connectivity index (χ3v) is 3.35. The summed E-state index contributed by atoms with van der Waals surface area (Å²) in [7, 11) is 4.33. The minimum atomic E-state index is 0.511. The van der Waals surface area contributed by atoms with Gasteiger partial charge in [0.25, 0.3) is 0 Å². The van der Waals surface area contributed by atoms with Crippen LogP contribution < -0.4 is 0 Å². The van der Waals surface area contributed by atoms with E-state index in [0.717, 1.165) is 5.92 Å². The Hall–Kier alpha value is -0.0400. The topological polar surface area (TPSA) is 3.24 Å². The van der Waals surface area contributed by atoms with E-state index in [1.165, 1.54) is 45.1 Å². The molecule has 0 saturated carbocycles. The number of hydrogen-bond donors (Lipinski definition) is 0. The summed E-state index contributed by atoms with van der Waals surface area (Å²) < 4.78 is 0. The summed E-state index contributed by atoms with van der Waals surface area (Å²) in [5.74, 6) is 0.960. The van der Waals surface area contributed by atoms with Gasteiger partial charge in [-0.3, -0.25) is 0 Å². The van der Waals surface area contributed by atoms with Crippen LogP contribution in [0.3, 0.4) is 0 Å². The third-order valence-electron chi connectivity index (χ3n) is 3.35. The Morgan fingerprint density at radius 3 is 2.06 bits per heavy atom. The van der Waals surface area contributed by atoms with Crippen LogP contribution in [0, 0.1) is 11.3 Å². The van der Waals surface area contributed by atoms with E-state index in [4.69, 9.17) is 0 Å². The van der Waals surface area contributed by atoms with Gasteiger partial charge in [0, 0.05) is 0 Å². The van der Waals surface area contributed by atoms with Crippen molar-refractivity contribution in [3.8, 4) is 0 Å². The quantitative estimate of drug-likeness (QED) is 0.549. The van der Waals surface area contributed by atoms with Crippen LogP contribution in [0.15, 0.2) is 0 Å². The Kier molecular flexibility index (Phi) is 8.09. The molecule has 0 aromatic heterocycles. The van der Waals surface area contributed by atoms with E-state index >= 15 is 0 Å². The maximum atomic E-state index is 2.35. The molecule has 0 fully saturated rings. The summed E-state index contributed by atoms with van der Waals surface area (Å²) in [4.78, 5) is 2.29. The first-order chi connectivity index (χ1) is 7.35. The van der Waals surface area contributed by atoms with E-state index in [0.29, 0.717) is 5.41 Å². The number of hydrogen-bond acceptors (Lipinski definition) is 1. The Morgan fingerprint density at radius 2 is 1.62 bits per heavy atom. The van der Waals surface area contributed by atoms with E-state index in [2.05, 4.69) is 46.7 Å². The SMILES string of the molecule is CC[C@@H](CCCCN(C)C)CCC(C)(C)C. The van der Waals surface area contributed by atoms with Crippen molar-refractivity contribution in [3.05, 3.63) is 0 Å². The molecule has 0 aliphatic heterocycles. The first-order valence-electron chi connectivity index (χ1n) is 7.00. The van der Waals surface area contributed by atoms with Crippen molar-refractivity contribution in [3.63, 3.8) is 0 Å². The monoisotopic (exact) mass is 227 g/mol. The summed E-state index contributed by atoms with van der Waals surface area (Å²) >= 11 is 0. The molecule has 0 aliphatic rings. The first kappa shape index (κ1) is 16.0. The van der Waals surface area contributed by atoms with Gasteiger partial charge in [-0.15, -0.1) is 0 Å². The fraction of sp³-hybridized carbons (Fsp3) is 1.00. The zero-order valence-corrected chi connectivity index (χ0v) is 12.5. The molecule has 0 rings (SSSR count). The van der Waals surface area contributed by atoms with E-state index < -0.39 is 0 Å². The Morgan fingerprint density at radius 1 is 1.00 bits per heavy atom. The van der Waals surface area contributed by atoms with Gasteiger partial charge in [0.1, 0.15) is 0 Å². The molecule has 98 valence electrons. The smallest absolute Gasteiger partial charge is 0.00248 e. The minimum Gasteiger partial charge on any atom is -0.309 e. The van der Waals surface area contributed by atoms with Gasteiger partial charge >= 0.3 is 0 Å². The average Bonchev–Trinajstić information content (AvgIpc) is 2.15. The molecule has 0 saturated heterocycles. The van der Waals surface area contributed by atoms with Gasteiger partial charge < -0.3 is 4.90 Å². The molecule has 1 nitrogen and oxygen atoms in total. The molecular weight excluding hydrogens is 194 g/mol. The molecule has 0 amide bonds. The molecule has 0 aromatic carbocycles. The molecule has 16 heavy (non-hydrogen) atoms. The highest BCUT2D eigenvalue weighted by molar-refractivity contribution is 4.66. The average molecular weight is 227 g/mol. The van der Waals surface area contributed by atoms with Gasteiger partial charge in [-0.1, -0.05) is 47.0 Å². The van der Waals surface area contributed by atoms with Crippen molar-refractivity contribution in [2.45, 2.75) is 66.2 Å². The highest BCUT2D eigenvalue weighted by atomic mass is 15.0. The summed E-state index contributed by atoms with van der Waals surface area (Å²) in [6, 6.07) is 0. The van der Waals surface area contributed by atoms with Crippen LogP contribution in [0.2, 0.25) is 0 Å². The summed E-state index contributed by atoms with van der Waals surface area (Å²) in [6.45, 7) is 10.7. The molecule has 0 unspecified atom stereocenters. The molecule has 1 heteroatoms. The molecule has 0 radical (unpaired) electrons. The lowest BCUT2D eigenvalue weighted by Crippen LogP contribution is -2.13. The molecule has 0 bridgehead atoms. The minimum absolute atomic E-state index is 0.511. The van der Waals surface area contributed by atoms with E-state index in [1.54, 1.807) is 0 Å². The van der Waals surface area contributed by atoms with E-state index in [1.807, 2.05) is 0 Å². The fourth-order valence-electron chi connectivity index (χ4n) is 2.05. The van der Waals surface area contributed by atoms with Crippen LogP contribution in [0.25, 0.3) is 0 Å². The zero-order chi connectivity index (χ0) is 12.6. The lowest BCUT2D eigenvalue weighted by Gasteiger charge is -2.22. The van der Waals surface area contributed by atoms with Gasteiger partial charge in [0.15, 0.2) is 0 Å². The van der Waals surface area contributed by atoms with Crippen molar-refractivity contribution in [2.24, 2.45) is 11.3 Å². The Bertz CT molecular complexity index is 155. The lowest BCUT2D eigenvalue weighted by atomic mass is 9.84. The van der Waals surface area contributed by atoms with Crippen LogP contribution in [-0.4, -0.2) is 25.5 Å². The van der Waals surface area contributed by atoms with E-state index in [9.17, 15) is 0 Å². The van der Waals surface area contributed by atoms with Gasteiger partial charge in [-0.05, 0) is 51.2 Å². The maximum absolute atomic E-state index is 2.35. The Balaban J connectivity index is 3.59. The Labute approximate surface area is 104 Å². The molecule has 0 aromatic rings. The standard InChI is InChI=1S/C15H33N/c1-7-14(11-12-15(2,3)4)10-8-9-13-16(5)6/h14H,7-13H2,1-6H3/t14-/m0/s1. The van der Waals surface area contributed by atoms with Gasteiger partial charge in [-0.2, -0.15) is 0 Å². The maximum Gasteiger partial charge on any atom is -0.00248 e. The van der Waals surface area contributed by atoms with Gasteiger partial charge in [0.05, 0.1) is 0 Å². The van der Waals surface area contributed by atoms with Gasteiger partial charge in [0.2, 0.25) is 0 Å². The molecule has 1 atom stereocenters. The predicted octanol–water partition coefficient (Wildman–Crippen LogP) is 4.57. The highest BCUT2D eigenvalue weighted by Gasteiger charge is 2.13. The predicted molar refractivity (Wildman–Crippen MR) is 74.9 cm³/mol. The molecule has 0 aliphatic carbocycles. The van der Waals surface area contributed by atoms with Crippen LogP contribution in [0.1, 0.15) is 66.2 Å². The summed E-state index contributed by atoms with van der Waals surface area (Å²) in [5.41, 5.74) is 0.511. The van der Waals surface area contributed by atoms with Crippen molar-refractivity contribution in [1.82, 2.24) is 4.90 Å². The first-order valence-corrected chi connectivity index (χ1v) is 7.00. The second kappa shape index (κ2) is 8.11. The highest BCUT2D eigenvalue weighted by Crippen LogP contribution is 2.27. The molecular formula is C15H33N. The van der Waals surface area contributed by atoms with Crippen LogP contribution in [0.4, 0.5) is 0 Å².